The summed E-state index contributed by atoms with van der Waals surface area (Å²) in [4.78, 5) is 3.99. The summed E-state index contributed by atoms with van der Waals surface area (Å²) in [6.07, 6.45) is 3.49. The Labute approximate surface area is 71.6 Å². The predicted molar refractivity (Wildman–Crippen MR) is 46.7 cm³/mol. The third-order valence-corrected chi connectivity index (χ3v) is 2.01. The second-order valence-corrected chi connectivity index (χ2v) is 2.84. The Hall–Kier alpha value is -0.600. The number of aromatic nitrogens is 1. The second kappa shape index (κ2) is 3.69. The van der Waals surface area contributed by atoms with Crippen LogP contribution in [0.15, 0.2) is 12.4 Å². The summed E-state index contributed by atoms with van der Waals surface area (Å²) in [6, 6.07) is 0. The molecule has 0 aliphatic carbocycles. The largest absolute Gasteiger partial charge is 0.316 e. The van der Waals surface area contributed by atoms with E-state index >= 15 is 0 Å². The molecule has 0 aliphatic rings. The zero-order chi connectivity index (χ0) is 8.27. The Morgan fingerprint density at radius 1 is 1.55 bits per heavy atom. The minimum absolute atomic E-state index is 0.734. The van der Waals surface area contributed by atoms with Gasteiger partial charge in [0.1, 0.15) is 0 Å². The highest BCUT2D eigenvalue weighted by atomic mass is 35.5. The highest BCUT2D eigenvalue weighted by Crippen LogP contribution is 2.16. The normalized spacial score (nSPS) is 10.1. The van der Waals surface area contributed by atoms with Crippen LogP contribution in [0.4, 0.5) is 0 Å². The van der Waals surface area contributed by atoms with Crippen LogP contribution in [-0.4, -0.2) is 12.0 Å². The van der Waals surface area contributed by atoms with Gasteiger partial charge in [-0.05, 0) is 25.1 Å². The zero-order valence-electron chi connectivity index (χ0n) is 6.69. The molecular formula is C8H11ClN2. The molecule has 1 rings (SSSR count). The SMILES string of the molecule is CNCc1cncc(Cl)c1C. The van der Waals surface area contributed by atoms with E-state index in [2.05, 4.69) is 10.3 Å². The standard InChI is InChI=1S/C8H11ClN2/c1-6-7(3-10-2)4-11-5-8(6)9/h4-5,10H,3H2,1-2H3. The van der Waals surface area contributed by atoms with Gasteiger partial charge in [0, 0.05) is 18.9 Å². The van der Waals surface area contributed by atoms with Crippen molar-refractivity contribution >= 4 is 11.6 Å². The zero-order valence-corrected chi connectivity index (χ0v) is 7.44. The van der Waals surface area contributed by atoms with E-state index < -0.39 is 0 Å². The third kappa shape index (κ3) is 1.91. The van der Waals surface area contributed by atoms with Gasteiger partial charge in [0.2, 0.25) is 0 Å². The van der Waals surface area contributed by atoms with Gasteiger partial charge in [0.05, 0.1) is 5.02 Å². The first kappa shape index (κ1) is 8.50. The van der Waals surface area contributed by atoms with Gasteiger partial charge < -0.3 is 5.32 Å². The monoisotopic (exact) mass is 170 g/mol. The molecule has 0 saturated carbocycles. The number of halogens is 1. The quantitative estimate of drug-likeness (QED) is 0.732. The van der Waals surface area contributed by atoms with E-state index in [0.717, 1.165) is 22.7 Å². The maximum Gasteiger partial charge on any atom is 0.0621 e. The summed E-state index contributed by atoms with van der Waals surface area (Å²) in [6.45, 7) is 2.82. The molecule has 3 heteroatoms. The number of hydrogen-bond donors (Lipinski definition) is 1. The minimum Gasteiger partial charge on any atom is -0.316 e. The summed E-state index contributed by atoms with van der Waals surface area (Å²) in [5.41, 5.74) is 2.26. The van der Waals surface area contributed by atoms with E-state index in [0.29, 0.717) is 0 Å². The fourth-order valence-corrected chi connectivity index (χ4v) is 1.09. The molecular weight excluding hydrogens is 160 g/mol. The molecule has 0 aliphatic heterocycles. The summed E-state index contributed by atoms with van der Waals surface area (Å²) in [7, 11) is 1.90. The molecule has 1 heterocycles. The molecule has 0 aromatic carbocycles. The summed E-state index contributed by atoms with van der Waals surface area (Å²) in [5.74, 6) is 0. The van der Waals surface area contributed by atoms with E-state index in [1.165, 1.54) is 0 Å². The Bertz CT molecular complexity index is 248. The fraction of sp³-hybridized carbons (Fsp3) is 0.375. The van der Waals surface area contributed by atoms with Crippen molar-refractivity contribution in [2.45, 2.75) is 13.5 Å². The van der Waals surface area contributed by atoms with Crippen molar-refractivity contribution in [3.05, 3.63) is 28.5 Å². The highest BCUT2D eigenvalue weighted by molar-refractivity contribution is 6.31. The highest BCUT2D eigenvalue weighted by Gasteiger charge is 2.00. The van der Waals surface area contributed by atoms with Gasteiger partial charge in [0.25, 0.3) is 0 Å². The fourth-order valence-electron chi connectivity index (χ4n) is 0.908. The van der Waals surface area contributed by atoms with E-state index in [1.54, 1.807) is 6.20 Å². The Morgan fingerprint density at radius 3 is 2.91 bits per heavy atom. The molecule has 0 unspecified atom stereocenters. The first-order chi connectivity index (χ1) is 5.25. The van der Waals surface area contributed by atoms with Crippen molar-refractivity contribution in [3.8, 4) is 0 Å². The molecule has 2 nitrogen and oxygen atoms in total. The third-order valence-electron chi connectivity index (χ3n) is 1.63. The smallest absolute Gasteiger partial charge is 0.0621 e. The van der Waals surface area contributed by atoms with Gasteiger partial charge in [-0.15, -0.1) is 0 Å². The molecule has 0 amide bonds. The van der Waals surface area contributed by atoms with Crippen LogP contribution in [0.1, 0.15) is 11.1 Å². The van der Waals surface area contributed by atoms with Gasteiger partial charge >= 0.3 is 0 Å². The molecule has 0 fully saturated rings. The van der Waals surface area contributed by atoms with Gasteiger partial charge in [-0.25, -0.2) is 0 Å². The maximum absolute atomic E-state index is 5.86. The molecule has 1 N–H and O–H groups in total. The topological polar surface area (TPSA) is 24.9 Å². The lowest BCUT2D eigenvalue weighted by atomic mass is 10.1. The predicted octanol–water partition coefficient (Wildman–Crippen LogP) is 1.76. The molecule has 60 valence electrons. The van der Waals surface area contributed by atoms with Crippen LogP contribution in [0, 0.1) is 6.92 Å². The Morgan fingerprint density at radius 2 is 2.27 bits per heavy atom. The lowest BCUT2D eigenvalue weighted by Gasteiger charge is -2.04. The Kier molecular flexibility index (Phi) is 2.85. The molecule has 0 saturated heterocycles. The van der Waals surface area contributed by atoms with Crippen molar-refractivity contribution in [1.82, 2.24) is 10.3 Å². The lowest BCUT2D eigenvalue weighted by Crippen LogP contribution is -2.07. The summed E-state index contributed by atoms with van der Waals surface area (Å²) < 4.78 is 0. The van der Waals surface area contributed by atoms with Crippen molar-refractivity contribution in [3.63, 3.8) is 0 Å². The molecule has 1 aromatic rings. The van der Waals surface area contributed by atoms with Gasteiger partial charge in [-0.2, -0.15) is 0 Å². The lowest BCUT2D eigenvalue weighted by molar-refractivity contribution is 0.807. The molecule has 0 bridgehead atoms. The van der Waals surface area contributed by atoms with Crippen LogP contribution < -0.4 is 5.32 Å². The minimum atomic E-state index is 0.734. The van der Waals surface area contributed by atoms with E-state index in [-0.39, 0.29) is 0 Å². The van der Waals surface area contributed by atoms with E-state index in [4.69, 9.17) is 11.6 Å². The summed E-state index contributed by atoms with van der Waals surface area (Å²) >= 11 is 5.86. The van der Waals surface area contributed by atoms with Crippen molar-refractivity contribution < 1.29 is 0 Å². The number of rotatable bonds is 2. The average molecular weight is 171 g/mol. The molecule has 0 atom stereocenters. The number of hydrogen-bond acceptors (Lipinski definition) is 2. The van der Waals surface area contributed by atoms with Crippen molar-refractivity contribution in [1.29, 1.82) is 0 Å². The molecule has 1 aromatic heterocycles. The molecule has 0 radical (unpaired) electrons. The average Bonchev–Trinajstić information content (AvgIpc) is 1.99. The van der Waals surface area contributed by atoms with Crippen LogP contribution in [0.5, 0.6) is 0 Å². The van der Waals surface area contributed by atoms with E-state index in [1.807, 2.05) is 20.2 Å². The van der Waals surface area contributed by atoms with Crippen LogP contribution >= 0.6 is 11.6 Å². The van der Waals surface area contributed by atoms with Gasteiger partial charge in [-0.1, -0.05) is 11.6 Å². The van der Waals surface area contributed by atoms with Crippen molar-refractivity contribution in [2.75, 3.05) is 7.05 Å². The van der Waals surface area contributed by atoms with Gasteiger partial charge in [-0.3, -0.25) is 4.98 Å². The van der Waals surface area contributed by atoms with Crippen LogP contribution in [0.2, 0.25) is 5.02 Å². The van der Waals surface area contributed by atoms with Crippen LogP contribution in [0.3, 0.4) is 0 Å². The molecule has 11 heavy (non-hydrogen) atoms. The van der Waals surface area contributed by atoms with Gasteiger partial charge in [0.15, 0.2) is 0 Å². The number of pyridine rings is 1. The van der Waals surface area contributed by atoms with E-state index in [9.17, 15) is 0 Å². The number of nitrogens with zero attached hydrogens (tertiary/aromatic N) is 1. The number of nitrogens with one attached hydrogen (secondary N) is 1. The van der Waals surface area contributed by atoms with Crippen molar-refractivity contribution in [2.24, 2.45) is 0 Å². The maximum atomic E-state index is 5.86. The summed E-state index contributed by atoms with van der Waals surface area (Å²) in [5, 5.41) is 3.79. The second-order valence-electron chi connectivity index (χ2n) is 2.44. The van der Waals surface area contributed by atoms with Crippen LogP contribution in [-0.2, 0) is 6.54 Å². The first-order valence-electron chi connectivity index (χ1n) is 3.49. The Balaban J connectivity index is 2.96. The first-order valence-corrected chi connectivity index (χ1v) is 3.87. The van der Waals surface area contributed by atoms with Crippen LogP contribution in [0.25, 0.3) is 0 Å². The molecule has 0 spiro atoms.